The molecule has 8 nitrogen and oxygen atoms in total. The van der Waals surface area contributed by atoms with E-state index in [-0.39, 0.29) is 5.69 Å². The summed E-state index contributed by atoms with van der Waals surface area (Å²) in [6.45, 7) is 2.35. The maximum absolute atomic E-state index is 11.2. The van der Waals surface area contributed by atoms with Gasteiger partial charge in [-0.25, -0.2) is 4.98 Å². The number of primary amides is 1. The predicted molar refractivity (Wildman–Crippen MR) is 106 cm³/mol. The van der Waals surface area contributed by atoms with Crippen molar-refractivity contribution >= 4 is 5.91 Å². The SMILES string of the molecule is COc1ccc([C@@H]2CC2COc2nc(C)ncc2-c2ccc(C(N)=O)nc2)nc1. The minimum absolute atomic E-state index is 0.206. The molecule has 2 N–H and O–H groups in total. The number of hydrogen-bond donors (Lipinski definition) is 1. The Morgan fingerprint density at radius 1 is 1.14 bits per heavy atom. The normalized spacial score (nSPS) is 17.6. The quantitative estimate of drug-likeness (QED) is 0.658. The van der Waals surface area contributed by atoms with Crippen molar-refractivity contribution in [2.75, 3.05) is 13.7 Å². The van der Waals surface area contributed by atoms with E-state index in [1.165, 1.54) is 0 Å². The van der Waals surface area contributed by atoms with Gasteiger partial charge in [-0.2, -0.15) is 4.98 Å². The highest BCUT2D eigenvalue weighted by Gasteiger charge is 2.40. The first kappa shape index (κ1) is 18.8. The van der Waals surface area contributed by atoms with E-state index in [1.54, 1.807) is 37.8 Å². The Bertz CT molecular complexity index is 1020. The molecule has 3 aromatic rings. The lowest BCUT2D eigenvalue weighted by Crippen LogP contribution is -2.12. The Kier molecular flexibility index (Phi) is 5.07. The number of hydrogen-bond acceptors (Lipinski definition) is 7. The molecule has 0 aromatic carbocycles. The maximum atomic E-state index is 11.2. The molecule has 1 unspecified atom stereocenters. The lowest BCUT2D eigenvalue weighted by atomic mass is 10.1. The smallest absolute Gasteiger partial charge is 0.267 e. The van der Waals surface area contributed by atoms with Gasteiger partial charge in [-0.1, -0.05) is 6.07 Å². The molecule has 1 amide bonds. The number of aromatic nitrogens is 4. The molecule has 2 atom stereocenters. The van der Waals surface area contributed by atoms with Crippen molar-refractivity contribution in [3.05, 3.63) is 60.1 Å². The van der Waals surface area contributed by atoms with Crippen molar-refractivity contribution in [1.82, 2.24) is 19.9 Å². The highest BCUT2D eigenvalue weighted by atomic mass is 16.5. The number of aryl methyl sites for hydroxylation is 1. The van der Waals surface area contributed by atoms with E-state index < -0.39 is 5.91 Å². The number of rotatable bonds is 7. The fourth-order valence-corrected chi connectivity index (χ4v) is 3.17. The zero-order valence-electron chi connectivity index (χ0n) is 16.2. The van der Waals surface area contributed by atoms with E-state index in [1.807, 2.05) is 19.1 Å². The standard InChI is InChI=1S/C21H21N5O3/c1-12-23-10-17(13-3-5-19(20(22)27)24-8-13)21(26-12)29-11-14-7-16(14)18-6-4-15(28-2)9-25-18/h3-6,8-10,14,16H,7,11H2,1-2H3,(H2,22,27)/t14?,16-/m1/s1. The minimum atomic E-state index is -0.569. The molecule has 3 aromatic heterocycles. The molecule has 0 bridgehead atoms. The minimum Gasteiger partial charge on any atom is -0.495 e. The van der Waals surface area contributed by atoms with Crippen LogP contribution in [0.3, 0.4) is 0 Å². The second kappa shape index (κ2) is 7.83. The van der Waals surface area contributed by atoms with Crippen molar-refractivity contribution in [3.63, 3.8) is 0 Å². The lowest BCUT2D eigenvalue weighted by Gasteiger charge is -2.11. The van der Waals surface area contributed by atoms with Crippen LogP contribution in [0.25, 0.3) is 11.1 Å². The Balaban J connectivity index is 1.46. The zero-order chi connectivity index (χ0) is 20.4. The average molecular weight is 391 g/mol. The van der Waals surface area contributed by atoms with Gasteiger partial charge in [0.2, 0.25) is 5.88 Å². The van der Waals surface area contributed by atoms with Crippen LogP contribution in [0, 0.1) is 12.8 Å². The number of amides is 1. The number of pyridine rings is 2. The van der Waals surface area contributed by atoms with E-state index in [4.69, 9.17) is 15.2 Å². The second-order valence-corrected chi connectivity index (χ2v) is 6.97. The van der Waals surface area contributed by atoms with Crippen LogP contribution in [0.15, 0.2) is 42.9 Å². The first-order valence-electron chi connectivity index (χ1n) is 9.27. The molecule has 3 heterocycles. The summed E-state index contributed by atoms with van der Waals surface area (Å²) in [6.07, 6.45) is 6.03. The van der Waals surface area contributed by atoms with Gasteiger partial charge >= 0.3 is 0 Å². The molecule has 1 fully saturated rings. The summed E-state index contributed by atoms with van der Waals surface area (Å²) in [4.78, 5) is 28.5. The largest absolute Gasteiger partial charge is 0.495 e. The van der Waals surface area contributed by atoms with E-state index >= 15 is 0 Å². The van der Waals surface area contributed by atoms with Gasteiger partial charge in [-0.15, -0.1) is 0 Å². The maximum Gasteiger partial charge on any atom is 0.267 e. The van der Waals surface area contributed by atoms with Crippen molar-refractivity contribution in [1.29, 1.82) is 0 Å². The van der Waals surface area contributed by atoms with Crippen LogP contribution in [0.4, 0.5) is 0 Å². The molecule has 8 heteroatoms. The Hall–Kier alpha value is -3.55. The number of ether oxygens (including phenoxy) is 2. The van der Waals surface area contributed by atoms with Crippen LogP contribution in [0.5, 0.6) is 11.6 Å². The van der Waals surface area contributed by atoms with E-state index in [0.717, 1.165) is 29.0 Å². The van der Waals surface area contributed by atoms with Crippen LogP contribution in [-0.4, -0.2) is 39.6 Å². The van der Waals surface area contributed by atoms with Gasteiger partial charge in [-0.05, 0) is 31.5 Å². The van der Waals surface area contributed by atoms with Crippen molar-refractivity contribution < 1.29 is 14.3 Å². The second-order valence-electron chi connectivity index (χ2n) is 6.97. The van der Waals surface area contributed by atoms with E-state index in [9.17, 15) is 4.79 Å². The number of carbonyl (C=O) groups excluding carboxylic acids is 1. The van der Waals surface area contributed by atoms with Gasteiger partial charge in [0.05, 0.1) is 25.5 Å². The van der Waals surface area contributed by atoms with Crippen LogP contribution < -0.4 is 15.2 Å². The fourth-order valence-electron chi connectivity index (χ4n) is 3.17. The molecule has 1 aliphatic rings. The molecule has 4 rings (SSSR count). The van der Waals surface area contributed by atoms with Gasteiger partial charge in [0.1, 0.15) is 17.3 Å². The molecule has 29 heavy (non-hydrogen) atoms. The zero-order valence-corrected chi connectivity index (χ0v) is 16.2. The molecule has 0 aliphatic heterocycles. The number of nitrogens with zero attached hydrogens (tertiary/aromatic N) is 4. The molecular weight excluding hydrogens is 370 g/mol. The third-order valence-electron chi connectivity index (χ3n) is 4.93. The third-order valence-corrected chi connectivity index (χ3v) is 4.93. The van der Waals surface area contributed by atoms with Gasteiger partial charge in [0.25, 0.3) is 5.91 Å². The lowest BCUT2D eigenvalue weighted by molar-refractivity contribution is 0.0995. The molecule has 0 saturated heterocycles. The van der Waals surface area contributed by atoms with Crippen LogP contribution in [-0.2, 0) is 0 Å². The van der Waals surface area contributed by atoms with Crippen molar-refractivity contribution in [2.45, 2.75) is 19.3 Å². The molecular formula is C21H21N5O3. The Labute approximate surface area is 168 Å². The molecule has 0 radical (unpaired) electrons. The van der Waals surface area contributed by atoms with Crippen LogP contribution in [0.2, 0.25) is 0 Å². The highest BCUT2D eigenvalue weighted by Crippen LogP contribution is 2.47. The first-order chi connectivity index (χ1) is 14.0. The van der Waals surface area contributed by atoms with Crippen LogP contribution >= 0.6 is 0 Å². The highest BCUT2D eigenvalue weighted by molar-refractivity contribution is 5.91. The molecule has 148 valence electrons. The Morgan fingerprint density at radius 3 is 2.66 bits per heavy atom. The fraction of sp³-hybridized carbons (Fsp3) is 0.286. The summed E-state index contributed by atoms with van der Waals surface area (Å²) < 4.78 is 11.2. The number of nitrogens with two attached hydrogens (primary N) is 1. The number of carbonyl (C=O) groups is 1. The third kappa shape index (κ3) is 4.16. The van der Waals surface area contributed by atoms with Crippen LogP contribution in [0.1, 0.15) is 34.3 Å². The predicted octanol–water partition coefficient (Wildman–Crippen LogP) is 2.53. The van der Waals surface area contributed by atoms with Gasteiger partial charge < -0.3 is 15.2 Å². The molecule has 0 spiro atoms. The van der Waals surface area contributed by atoms with Gasteiger partial charge in [0, 0.05) is 35.5 Å². The van der Waals surface area contributed by atoms with E-state index in [2.05, 4.69) is 19.9 Å². The summed E-state index contributed by atoms with van der Waals surface area (Å²) in [5, 5.41) is 0. The Morgan fingerprint density at radius 2 is 2.00 bits per heavy atom. The first-order valence-corrected chi connectivity index (χ1v) is 9.27. The number of methoxy groups -OCH3 is 1. The van der Waals surface area contributed by atoms with E-state index in [0.29, 0.717) is 30.1 Å². The van der Waals surface area contributed by atoms with Gasteiger partial charge in [-0.3, -0.25) is 14.8 Å². The summed E-state index contributed by atoms with van der Waals surface area (Å²) in [5.41, 5.74) is 7.99. The van der Waals surface area contributed by atoms with Crippen molar-refractivity contribution in [3.8, 4) is 22.8 Å². The molecule has 1 aliphatic carbocycles. The van der Waals surface area contributed by atoms with Gasteiger partial charge in [0.15, 0.2) is 0 Å². The molecule has 1 saturated carbocycles. The monoisotopic (exact) mass is 391 g/mol. The van der Waals surface area contributed by atoms with Crippen molar-refractivity contribution in [2.24, 2.45) is 11.7 Å². The average Bonchev–Trinajstić information content (AvgIpc) is 3.52. The summed E-state index contributed by atoms with van der Waals surface area (Å²) in [5.74, 6) is 2.06. The summed E-state index contributed by atoms with van der Waals surface area (Å²) in [6, 6.07) is 7.26. The topological polar surface area (TPSA) is 113 Å². The summed E-state index contributed by atoms with van der Waals surface area (Å²) >= 11 is 0. The summed E-state index contributed by atoms with van der Waals surface area (Å²) in [7, 11) is 1.63.